The molecule has 0 saturated heterocycles. The first kappa shape index (κ1) is 27.2. The normalized spacial score (nSPS) is 17.1. The number of nitrogens with zero attached hydrogens (tertiary/aromatic N) is 4. The molecule has 1 unspecified atom stereocenters. The van der Waals surface area contributed by atoms with Gasteiger partial charge in [0.05, 0.1) is 17.9 Å². The first-order valence-electron chi connectivity index (χ1n) is 13.3. The first-order valence-corrected chi connectivity index (χ1v) is 13.3. The summed E-state index contributed by atoms with van der Waals surface area (Å²) in [6.45, 7) is 13.2. The third-order valence-electron chi connectivity index (χ3n) is 7.21. The van der Waals surface area contributed by atoms with Crippen LogP contribution in [0.4, 0.5) is 10.5 Å². The molecule has 3 heterocycles. The van der Waals surface area contributed by atoms with Crippen molar-refractivity contribution in [3.05, 3.63) is 86.2 Å². The maximum Gasteiger partial charge on any atom is 0.414 e. The molecule has 1 aromatic heterocycles. The molecule has 0 saturated carbocycles. The molecule has 0 spiro atoms. The van der Waals surface area contributed by atoms with Crippen molar-refractivity contribution in [3.8, 4) is 11.4 Å². The minimum absolute atomic E-state index is 0.102. The van der Waals surface area contributed by atoms with Gasteiger partial charge >= 0.3 is 17.5 Å². The molecule has 2 aromatic carbocycles. The Morgan fingerprint density at radius 1 is 1.07 bits per heavy atom. The average Bonchev–Trinajstić information content (AvgIpc) is 3.12. The SMILES string of the molecule is CCN(C(=O)OC(C)(C)C)c1ccc2c(c1)OC(C)(C)C1=CCn3c(=O)n(-c4ccc(C(C)=O)cc4)c(=O)n3C12. The topological polar surface area (TPSA) is 105 Å². The van der Waals surface area contributed by atoms with E-state index in [1.54, 1.807) is 36.4 Å². The van der Waals surface area contributed by atoms with E-state index in [9.17, 15) is 19.2 Å². The lowest BCUT2D eigenvalue weighted by Gasteiger charge is -2.42. The van der Waals surface area contributed by atoms with Crippen LogP contribution in [0.15, 0.2) is 63.7 Å². The smallest absolute Gasteiger partial charge is 0.414 e. The van der Waals surface area contributed by atoms with E-state index in [2.05, 4.69) is 0 Å². The zero-order valence-electron chi connectivity index (χ0n) is 23.8. The molecule has 0 N–H and O–H groups in total. The third kappa shape index (κ3) is 4.47. The predicted octanol–water partition coefficient (Wildman–Crippen LogP) is 4.47. The highest BCUT2D eigenvalue weighted by atomic mass is 16.6. The van der Waals surface area contributed by atoms with E-state index in [-0.39, 0.29) is 12.3 Å². The van der Waals surface area contributed by atoms with Crippen LogP contribution in [0.25, 0.3) is 5.69 Å². The molecule has 0 bridgehead atoms. The van der Waals surface area contributed by atoms with E-state index in [0.717, 1.165) is 10.1 Å². The van der Waals surface area contributed by atoms with Crippen LogP contribution in [-0.4, -0.2) is 43.6 Å². The summed E-state index contributed by atoms with van der Waals surface area (Å²) in [5.41, 5.74) is 0.638. The highest BCUT2D eigenvalue weighted by Gasteiger charge is 2.44. The van der Waals surface area contributed by atoms with Crippen LogP contribution in [-0.2, 0) is 11.3 Å². The summed E-state index contributed by atoms with van der Waals surface area (Å²) in [6, 6.07) is 11.2. The molecule has 40 heavy (non-hydrogen) atoms. The number of carbonyl (C=O) groups excluding carboxylic acids is 2. The molecule has 2 aliphatic heterocycles. The number of amides is 1. The predicted molar refractivity (Wildman–Crippen MR) is 151 cm³/mol. The van der Waals surface area contributed by atoms with Crippen molar-refractivity contribution in [2.45, 2.75) is 72.3 Å². The molecule has 1 amide bonds. The van der Waals surface area contributed by atoms with Crippen LogP contribution >= 0.6 is 0 Å². The van der Waals surface area contributed by atoms with Gasteiger partial charge in [0.1, 0.15) is 23.0 Å². The Morgan fingerprint density at radius 3 is 2.35 bits per heavy atom. The van der Waals surface area contributed by atoms with E-state index in [1.807, 2.05) is 53.7 Å². The fourth-order valence-electron chi connectivity index (χ4n) is 5.35. The Labute approximate surface area is 232 Å². The lowest BCUT2D eigenvalue weighted by Crippen LogP contribution is -2.46. The van der Waals surface area contributed by atoms with Crippen molar-refractivity contribution in [2.75, 3.05) is 11.4 Å². The third-order valence-corrected chi connectivity index (χ3v) is 7.21. The zero-order valence-corrected chi connectivity index (χ0v) is 23.8. The summed E-state index contributed by atoms with van der Waals surface area (Å²) in [7, 11) is 0. The van der Waals surface area contributed by atoms with Gasteiger partial charge in [-0.3, -0.25) is 9.69 Å². The molecule has 210 valence electrons. The largest absolute Gasteiger partial charge is 0.483 e. The van der Waals surface area contributed by atoms with Crippen molar-refractivity contribution in [3.63, 3.8) is 0 Å². The number of fused-ring (bicyclic) bond motifs is 5. The Morgan fingerprint density at radius 2 is 1.75 bits per heavy atom. The second-order valence-electron chi connectivity index (χ2n) is 11.6. The number of hydrogen-bond acceptors (Lipinski definition) is 6. The molecule has 1 atom stereocenters. The molecular formula is C30H34N4O6. The van der Waals surface area contributed by atoms with Crippen molar-refractivity contribution in [1.29, 1.82) is 0 Å². The van der Waals surface area contributed by atoms with Crippen LogP contribution < -0.4 is 21.0 Å². The summed E-state index contributed by atoms with van der Waals surface area (Å²) in [4.78, 5) is 53.5. The summed E-state index contributed by atoms with van der Waals surface area (Å²) < 4.78 is 16.0. The number of ether oxygens (including phenoxy) is 2. The number of hydrogen-bond donors (Lipinski definition) is 0. The van der Waals surface area contributed by atoms with Gasteiger partial charge in [-0.1, -0.05) is 12.1 Å². The second-order valence-corrected chi connectivity index (χ2v) is 11.6. The number of carbonyl (C=O) groups is 2. The van der Waals surface area contributed by atoms with Crippen molar-refractivity contribution < 1.29 is 19.1 Å². The summed E-state index contributed by atoms with van der Waals surface area (Å²) in [6.07, 6.45) is 1.46. The first-order chi connectivity index (χ1) is 18.7. The number of aromatic nitrogens is 3. The van der Waals surface area contributed by atoms with Crippen LogP contribution in [0.1, 0.15) is 70.4 Å². The molecule has 0 aliphatic carbocycles. The number of rotatable bonds is 4. The van der Waals surface area contributed by atoms with E-state index in [0.29, 0.717) is 34.8 Å². The number of Topliss-reactive ketones (excluding diaryl/α,β-unsaturated/α-hetero) is 1. The van der Waals surface area contributed by atoms with Crippen molar-refractivity contribution in [2.24, 2.45) is 0 Å². The van der Waals surface area contributed by atoms with Crippen LogP contribution in [0.5, 0.6) is 5.75 Å². The van der Waals surface area contributed by atoms with Crippen LogP contribution in [0.2, 0.25) is 0 Å². The van der Waals surface area contributed by atoms with E-state index < -0.39 is 34.7 Å². The maximum absolute atomic E-state index is 13.9. The Hall–Kier alpha value is -4.34. The molecule has 3 aromatic rings. The fraction of sp³-hybridized carbons (Fsp3) is 0.400. The summed E-state index contributed by atoms with van der Waals surface area (Å²) >= 11 is 0. The van der Waals surface area contributed by atoms with Crippen molar-refractivity contribution in [1.82, 2.24) is 13.9 Å². The van der Waals surface area contributed by atoms with Crippen LogP contribution in [0.3, 0.4) is 0 Å². The van der Waals surface area contributed by atoms with Gasteiger partial charge in [0.2, 0.25) is 0 Å². The average molecular weight is 547 g/mol. The van der Waals surface area contributed by atoms with Gasteiger partial charge in [0.25, 0.3) is 0 Å². The van der Waals surface area contributed by atoms with Gasteiger partial charge in [-0.05, 0) is 84.4 Å². The van der Waals surface area contributed by atoms with E-state index in [4.69, 9.17) is 9.47 Å². The quantitative estimate of drug-likeness (QED) is 0.353. The molecule has 0 fully saturated rings. The highest BCUT2D eigenvalue weighted by Crippen LogP contribution is 2.47. The minimum atomic E-state index is -0.786. The van der Waals surface area contributed by atoms with Gasteiger partial charge in [0, 0.05) is 23.7 Å². The van der Waals surface area contributed by atoms with Gasteiger partial charge < -0.3 is 9.47 Å². The lowest BCUT2D eigenvalue weighted by atomic mass is 9.83. The molecule has 5 rings (SSSR count). The molecule has 2 aliphatic rings. The molecule has 10 nitrogen and oxygen atoms in total. The highest BCUT2D eigenvalue weighted by molar-refractivity contribution is 5.94. The lowest BCUT2D eigenvalue weighted by molar-refractivity contribution is 0.0582. The molecule has 0 radical (unpaired) electrons. The van der Waals surface area contributed by atoms with Gasteiger partial charge in [-0.2, -0.15) is 0 Å². The number of benzene rings is 2. The Bertz CT molecular complexity index is 1660. The molecular weight excluding hydrogens is 512 g/mol. The van der Waals surface area contributed by atoms with E-state index in [1.165, 1.54) is 21.2 Å². The summed E-state index contributed by atoms with van der Waals surface area (Å²) in [5.74, 6) is 0.410. The van der Waals surface area contributed by atoms with E-state index >= 15 is 0 Å². The number of ketones is 1. The Kier molecular flexibility index (Phi) is 6.40. The van der Waals surface area contributed by atoms with Crippen LogP contribution in [0, 0.1) is 0 Å². The fourth-order valence-corrected chi connectivity index (χ4v) is 5.35. The van der Waals surface area contributed by atoms with Gasteiger partial charge in [0.15, 0.2) is 5.78 Å². The zero-order chi connectivity index (χ0) is 29.1. The molecule has 10 heteroatoms. The summed E-state index contributed by atoms with van der Waals surface area (Å²) in [5, 5.41) is 0. The maximum atomic E-state index is 13.9. The second kappa shape index (κ2) is 9.39. The minimum Gasteiger partial charge on any atom is -0.483 e. The van der Waals surface area contributed by atoms with Crippen molar-refractivity contribution >= 4 is 17.6 Å². The van der Waals surface area contributed by atoms with Gasteiger partial charge in [-0.25, -0.2) is 28.3 Å². The Balaban J connectivity index is 1.63. The standard InChI is InChI=1S/C30H34N4O6/c1-8-31(28(38)40-29(3,4)5)21-13-14-22-24(17-21)39-30(6,7)23-15-16-32-26(36)33(27(37)34(32)25(22)23)20-11-9-19(10-12-20)18(2)35/h9-15,17,25H,8,16H2,1-7H3. The van der Waals surface area contributed by atoms with Gasteiger partial charge in [-0.15, -0.1) is 0 Å². The monoisotopic (exact) mass is 546 g/mol. The number of anilines is 1. The number of allylic oxidation sites excluding steroid dienone is 1.